The van der Waals surface area contributed by atoms with E-state index in [-0.39, 0.29) is 0 Å². The Bertz CT molecular complexity index is 3470. The Balaban J connectivity index is 1.06. The number of fused-ring (bicyclic) bond motifs is 9. The van der Waals surface area contributed by atoms with E-state index in [2.05, 4.69) is 234 Å². The van der Waals surface area contributed by atoms with Gasteiger partial charge in [0.25, 0.3) is 0 Å². The minimum absolute atomic E-state index is 0.495. The van der Waals surface area contributed by atoms with Gasteiger partial charge in [0, 0.05) is 27.1 Å². The molecule has 3 aromatic heterocycles. The van der Waals surface area contributed by atoms with Crippen molar-refractivity contribution < 1.29 is 0 Å². The molecule has 294 valence electrons. The third kappa shape index (κ3) is 5.14. The second kappa shape index (κ2) is 13.8. The van der Waals surface area contributed by atoms with E-state index in [1.807, 2.05) is 0 Å². The Hall–Kier alpha value is -8.41. The van der Waals surface area contributed by atoms with Crippen LogP contribution in [-0.4, -0.2) is 24.1 Å². The number of rotatable bonds is 6. The predicted octanol–water partition coefficient (Wildman–Crippen LogP) is 13.8. The van der Waals surface area contributed by atoms with Crippen molar-refractivity contribution in [3.63, 3.8) is 0 Å². The SMILES string of the molecule is c1ccc(C2(c3ccccc3)c3ccccc3-c3c(-c4cccc(-c5nc(-n6c7ccccc7c7ccccc76)nc(-n6c7ccccc7c7ccccc76)n5)c4)cccc32)cc1. The molecule has 0 spiro atoms. The first-order chi connectivity index (χ1) is 31.3. The molecule has 0 radical (unpaired) electrons. The Morgan fingerprint density at radius 3 is 1.27 bits per heavy atom. The van der Waals surface area contributed by atoms with Crippen molar-refractivity contribution in [2.45, 2.75) is 5.41 Å². The zero-order valence-electron chi connectivity index (χ0n) is 34.1. The number of para-hydroxylation sites is 4. The van der Waals surface area contributed by atoms with Crippen LogP contribution in [0.2, 0.25) is 0 Å². The number of benzene rings is 9. The summed E-state index contributed by atoms with van der Waals surface area (Å²) < 4.78 is 4.37. The lowest BCUT2D eigenvalue weighted by Gasteiger charge is -2.34. The molecule has 0 saturated carbocycles. The lowest BCUT2D eigenvalue weighted by atomic mass is 9.67. The van der Waals surface area contributed by atoms with Crippen LogP contribution in [0.5, 0.6) is 0 Å². The Morgan fingerprint density at radius 1 is 0.317 bits per heavy atom. The van der Waals surface area contributed by atoms with Gasteiger partial charge in [-0.3, -0.25) is 9.13 Å². The Kier molecular flexibility index (Phi) is 7.75. The lowest BCUT2D eigenvalue weighted by Crippen LogP contribution is -2.28. The molecule has 0 fully saturated rings. The number of hydrogen-bond acceptors (Lipinski definition) is 3. The third-order valence-corrected chi connectivity index (χ3v) is 13.1. The summed E-state index contributed by atoms with van der Waals surface area (Å²) in [5.41, 5.74) is 14.3. The van der Waals surface area contributed by atoms with Gasteiger partial charge in [0.1, 0.15) is 0 Å². The van der Waals surface area contributed by atoms with Crippen LogP contribution < -0.4 is 0 Å². The van der Waals surface area contributed by atoms with Gasteiger partial charge in [-0.25, -0.2) is 0 Å². The summed E-state index contributed by atoms with van der Waals surface area (Å²) >= 11 is 0. The Morgan fingerprint density at radius 2 is 0.730 bits per heavy atom. The highest BCUT2D eigenvalue weighted by atomic mass is 15.3. The van der Waals surface area contributed by atoms with Gasteiger partial charge in [-0.1, -0.05) is 194 Å². The van der Waals surface area contributed by atoms with E-state index < -0.39 is 5.41 Å². The first-order valence-electron chi connectivity index (χ1n) is 21.5. The van der Waals surface area contributed by atoms with Gasteiger partial charge in [-0.2, -0.15) is 15.0 Å². The molecule has 1 aliphatic carbocycles. The van der Waals surface area contributed by atoms with Crippen molar-refractivity contribution in [3.8, 4) is 45.5 Å². The molecule has 0 unspecified atom stereocenters. The maximum absolute atomic E-state index is 5.39. The van der Waals surface area contributed by atoms with Crippen LogP contribution in [0.4, 0.5) is 0 Å². The predicted molar refractivity (Wildman–Crippen MR) is 257 cm³/mol. The average Bonchev–Trinajstić information content (AvgIpc) is 3.99. The highest BCUT2D eigenvalue weighted by molar-refractivity contribution is 6.10. The van der Waals surface area contributed by atoms with Crippen LogP contribution in [0.25, 0.3) is 89.2 Å². The second-order valence-electron chi connectivity index (χ2n) is 16.3. The molecule has 1 aliphatic rings. The van der Waals surface area contributed by atoms with E-state index in [0.29, 0.717) is 17.7 Å². The number of aromatic nitrogens is 5. The molecule has 12 aromatic rings. The smallest absolute Gasteiger partial charge is 0.240 e. The first-order valence-corrected chi connectivity index (χ1v) is 21.5. The minimum Gasteiger partial charge on any atom is -0.278 e. The van der Waals surface area contributed by atoms with Crippen molar-refractivity contribution in [2.24, 2.45) is 0 Å². The summed E-state index contributed by atoms with van der Waals surface area (Å²) in [5.74, 6) is 1.71. The minimum atomic E-state index is -0.495. The quantitative estimate of drug-likeness (QED) is 0.168. The third-order valence-electron chi connectivity index (χ3n) is 13.1. The normalized spacial score (nSPS) is 12.9. The summed E-state index contributed by atoms with van der Waals surface area (Å²) in [7, 11) is 0. The maximum Gasteiger partial charge on any atom is 0.240 e. The van der Waals surface area contributed by atoms with Crippen molar-refractivity contribution in [1.29, 1.82) is 0 Å². The zero-order valence-corrected chi connectivity index (χ0v) is 34.1. The molecular formula is C58H37N5. The molecule has 5 heteroatoms. The van der Waals surface area contributed by atoms with Gasteiger partial charge in [-0.05, 0) is 74.8 Å². The fourth-order valence-corrected chi connectivity index (χ4v) is 10.5. The molecule has 0 atom stereocenters. The van der Waals surface area contributed by atoms with Gasteiger partial charge in [0.2, 0.25) is 11.9 Å². The van der Waals surface area contributed by atoms with E-state index in [4.69, 9.17) is 15.0 Å². The number of hydrogen-bond donors (Lipinski definition) is 0. The first kappa shape index (κ1) is 35.4. The summed E-state index contributed by atoms with van der Waals surface area (Å²) in [6.45, 7) is 0. The van der Waals surface area contributed by atoms with E-state index in [1.54, 1.807) is 0 Å². The molecule has 0 bridgehead atoms. The van der Waals surface area contributed by atoms with E-state index >= 15 is 0 Å². The average molecular weight is 804 g/mol. The van der Waals surface area contributed by atoms with E-state index in [0.717, 1.165) is 60.3 Å². The van der Waals surface area contributed by atoms with Crippen LogP contribution in [0.3, 0.4) is 0 Å². The van der Waals surface area contributed by atoms with Gasteiger partial charge in [0.15, 0.2) is 5.82 Å². The summed E-state index contributed by atoms with van der Waals surface area (Å²) in [5, 5.41) is 4.60. The topological polar surface area (TPSA) is 48.5 Å². The summed E-state index contributed by atoms with van der Waals surface area (Å²) in [4.78, 5) is 16.2. The largest absolute Gasteiger partial charge is 0.278 e. The molecule has 0 saturated heterocycles. The van der Waals surface area contributed by atoms with Gasteiger partial charge < -0.3 is 0 Å². The van der Waals surface area contributed by atoms with E-state index in [9.17, 15) is 0 Å². The molecule has 9 aromatic carbocycles. The van der Waals surface area contributed by atoms with Gasteiger partial charge in [0.05, 0.1) is 27.5 Å². The Labute approximate surface area is 363 Å². The maximum atomic E-state index is 5.39. The summed E-state index contributed by atoms with van der Waals surface area (Å²) in [6, 6.07) is 80.4. The lowest BCUT2D eigenvalue weighted by molar-refractivity contribution is 0.768. The summed E-state index contributed by atoms with van der Waals surface area (Å²) in [6.07, 6.45) is 0. The van der Waals surface area contributed by atoms with Crippen LogP contribution in [0.15, 0.2) is 224 Å². The standard InChI is InChI=1S/C58H37N5/c1-3-21-40(22-4-1)58(41-23-5-2-6-24-41)48-31-12-7-29-47(48)54-42(30-18-32-49(54)58)38-19-17-20-39(37-38)55-59-56(62-50-33-13-8-25-43(50)44-26-9-14-34-51(44)62)61-57(60-55)63-52-35-15-10-27-45(52)46-28-11-16-36-53(46)63/h1-37H. The molecule has 0 N–H and O–H groups in total. The van der Waals surface area contributed by atoms with Crippen LogP contribution in [0, 0.1) is 0 Å². The van der Waals surface area contributed by atoms with Crippen molar-refractivity contribution >= 4 is 43.6 Å². The van der Waals surface area contributed by atoms with E-state index in [1.165, 1.54) is 33.4 Å². The highest BCUT2D eigenvalue weighted by Crippen LogP contribution is 2.58. The zero-order chi connectivity index (χ0) is 41.5. The van der Waals surface area contributed by atoms with Crippen molar-refractivity contribution in [1.82, 2.24) is 24.1 Å². The van der Waals surface area contributed by atoms with Crippen molar-refractivity contribution in [3.05, 3.63) is 247 Å². The molecule has 5 nitrogen and oxygen atoms in total. The molecular weight excluding hydrogens is 767 g/mol. The molecule has 63 heavy (non-hydrogen) atoms. The monoisotopic (exact) mass is 803 g/mol. The number of nitrogens with zero attached hydrogens (tertiary/aromatic N) is 5. The molecule has 13 rings (SSSR count). The fraction of sp³-hybridized carbons (Fsp3) is 0.0172. The molecule has 0 aliphatic heterocycles. The van der Waals surface area contributed by atoms with Crippen LogP contribution in [-0.2, 0) is 5.41 Å². The molecule has 3 heterocycles. The van der Waals surface area contributed by atoms with Crippen molar-refractivity contribution in [2.75, 3.05) is 0 Å². The van der Waals surface area contributed by atoms with Crippen LogP contribution in [0.1, 0.15) is 22.3 Å². The fourth-order valence-electron chi connectivity index (χ4n) is 10.5. The van der Waals surface area contributed by atoms with Crippen LogP contribution >= 0.6 is 0 Å². The second-order valence-corrected chi connectivity index (χ2v) is 16.3. The highest BCUT2D eigenvalue weighted by Gasteiger charge is 2.46. The van der Waals surface area contributed by atoms with Gasteiger partial charge in [-0.15, -0.1) is 0 Å². The molecule has 0 amide bonds. The van der Waals surface area contributed by atoms with Gasteiger partial charge >= 0.3 is 0 Å².